The van der Waals surface area contributed by atoms with E-state index in [0.717, 1.165) is 43.7 Å². The van der Waals surface area contributed by atoms with Crippen LogP contribution in [-0.2, 0) is 0 Å². The lowest BCUT2D eigenvalue weighted by Crippen LogP contribution is -2.35. The Kier molecular flexibility index (Phi) is 3.35. The lowest BCUT2D eigenvalue weighted by molar-refractivity contribution is 0.444. The van der Waals surface area contributed by atoms with Crippen molar-refractivity contribution in [2.75, 3.05) is 36.0 Å². The lowest BCUT2D eigenvalue weighted by atomic mass is 10.0. The SMILES string of the molecule is CC1CCCN(c2cc(N3CCCC3)ncn2)C1. The van der Waals surface area contributed by atoms with Gasteiger partial charge in [0, 0.05) is 32.2 Å². The van der Waals surface area contributed by atoms with Crippen LogP contribution in [0.2, 0.25) is 0 Å². The van der Waals surface area contributed by atoms with Gasteiger partial charge >= 0.3 is 0 Å². The molecule has 2 aliphatic rings. The van der Waals surface area contributed by atoms with Crippen LogP contribution in [0.3, 0.4) is 0 Å². The van der Waals surface area contributed by atoms with Crippen LogP contribution in [-0.4, -0.2) is 36.1 Å². The van der Waals surface area contributed by atoms with E-state index in [1.54, 1.807) is 6.33 Å². The van der Waals surface area contributed by atoms with Gasteiger partial charge in [-0.15, -0.1) is 0 Å². The zero-order valence-electron chi connectivity index (χ0n) is 11.2. The second-order valence-electron chi connectivity index (χ2n) is 5.62. The molecule has 2 fully saturated rings. The molecule has 0 spiro atoms. The molecule has 0 N–H and O–H groups in total. The van der Waals surface area contributed by atoms with E-state index in [4.69, 9.17) is 0 Å². The number of hydrogen-bond acceptors (Lipinski definition) is 4. The van der Waals surface area contributed by atoms with Crippen LogP contribution in [0.15, 0.2) is 12.4 Å². The summed E-state index contributed by atoms with van der Waals surface area (Å²) in [5.74, 6) is 3.00. The Morgan fingerprint density at radius 3 is 2.39 bits per heavy atom. The van der Waals surface area contributed by atoms with Gasteiger partial charge in [-0.25, -0.2) is 9.97 Å². The number of hydrogen-bond donors (Lipinski definition) is 0. The molecule has 1 atom stereocenters. The Labute approximate surface area is 109 Å². The number of aromatic nitrogens is 2. The van der Waals surface area contributed by atoms with Crippen molar-refractivity contribution in [3.05, 3.63) is 12.4 Å². The topological polar surface area (TPSA) is 32.3 Å². The Morgan fingerprint density at radius 1 is 1.00 bits per heavy atom. The van der Waals surface area contributed by atoms with Crippen molar-refractivity contribution in [1.82, 2.24) is 9.97 Å². The van der Waals surface area contributed by atoms with E-state index >= 15 is 0 Å². The predicted octanol–water partition coefficient (Wildman–Crippen LogP) is 2.31. The van der Waals surface area contributed by atoms with E-state index in [1.165, 1.54) is 25.7 Å². The van der Waals surface area contributed by atoms with Crippen molar-refractivity contribution in [2.24, 2.45) is 5.92 Å². The molecule has 3 heterocycles. The maximum atomic E-state index is 4.46. The minimum absolute atomic E-state index is 0.781. The fourth-order valence-corrected chi connectivity index (χ4v) is 3.03. The highest BCUT2D eigenvalue weighted by Gasteiger charge is 2.19. The maximum Gasteiger partial charge on any atom is 0.134 e. The average Bonchev–Trinajstić information content (AvgIpc) is 2.93. The smallest absolute Gasteiger partial charge is 0.134 e. The number of piperidine rings is 1. The molecule has 0 aliphatic carbocycles. The first kappa shape index (κ1) is 11.8. The van der Waals surface area contributed by atoms with Gasteiger partial charge in [0.1, 0.15) is 18.0 Å². The molecule has 0 radical (unpaired) electrons. The molecule has 0 bridgehead atoms. The van der Waals surface area contributed by atoms with Gasteiger partial charge in [0.15, 0.2) is 0 Å². The molecule has 98 valence electrons. The van der Waals surface area contributed by atoms with Crippen molar-refractivity contribution in [3.63, 3.8) is 0 Å². The van der Waals surface area contributed by atoms with Gasteiger partial charge in [0.05, 0.1) is 0 Å². The quantitative estimate of drug-likeness (QED) is 0.801. The normalized spacial score (nSPS) is 24.6. The lowest BCUT2D eigenvalue weighted by Gasteiger charge is -2.32. The van der Waals surface area contributed by atoms with E-state index in [-0.39, 0.29) is 0 Å². The number of nitrogens with zero attached hydrogens (tertiary/aromatic N) is 4. The van der Waals surface area contributed by atoms with Gasteiger partial charge in [0.2, 0.25) is 0 Å². The van der Waals surface area contributed by atoms with E-state index in [9.17, 15) is 0 Å². The van der Waals surface area contributed by atoms with Gasteiger partial charge < -0.3 is 9.80 Å². The summed E-state index contributed by atoms with van der Waals surface area (Å²) in [6.45, 7) is 6.89. The van der Waals surface area contributed by atoms with Crippen molar-refractivity contribution >= 4 is 11.6 Å². The third-order valence-corrected chi connectivity index (χ3v) is 4.05. The molecule has 2 saturated heterocycles. The Balaban J connectivity index is 1.77. The summed E-state index contributed by atoms with van der Waals surface area (Å²) in [6.07, 6.45) is 6.94. The largest absolute Gasteiger partial charge is 0.356 e. The van der Waals surface area contributed by atoms with E-state index in [1.807, 2.05) is 0 Å². The summed E-state index contributed by atoms with van der Waals surface area (Å²) in [5, 5.41) is 0. The van der Waals surface area contributed by atoms with Gasteiger partial charge in [-0.1, -0.05) is 6.92 Å². The third kappa shape index (κ3) is 2.42. The molecule has 1 unspecified atom stereocenters. The van der Waals surface area contributed by atoms with E-state index in [2.05, 4.69) is 32.8 Å². The summed E-state index contributed by atoms with van der Waals surface area (Å²) in [4.78, 5) is 13.7. The van der Waals surface area contributed by atoms with Crippen LogP contribution >= 0.6 is 0 Å². The molecule has 18 heavy (non-hydrogen) atoms. The summed E-state index contributed by atoms with van der Waals surface area (Å²) in [6, 6.07) is 2.17. The summed E-state index contributed by atoms with van der Waals surface area (Å²) >= 11 is 0. The fraction of sp³-hybridized carbons (Fsp3) is 0.714. The van der Waals surface area contributed by atoms with Crippen LogP contribution in [0.1, 0.15) is 32.6 Å². The molecule has 0 aromatic carbocycles. The number of anilines is 2. The molecule has 2 aliphatic heterocycles. The van der Waals surface area contributed by atoms with Crippen LogP contribution in [0, 0.1) is 5.92 Å². The van der Waals surface area contributed by atoms with Crippen LogP contribution in [0.5, 0.6) is 0 Å². The minimum atomic E-state index is 0.781. The molecule has 0 amide bonds. The van der Waals surface area contributed by atoms with Crippen molar-refractivity contribution in [1.29, 1.82) is 0 Å². The standard InChI is InChI=1S/C14H22N4/c1-12-5-4-8-18(10-12)14-9-13(15-11-16-14)17-6-2-3-7-17/h9,11-12H,2-8,10H2,1H3. The third-order valence-electron chi connectivity index (χ3n) is 4.05. The summed E-state index contributed by atoms with van der Waals surface area (Å²) in [7, 11) is 0. The fourth-order valence-electron chi connectivity index (χ4n) is 3.03. The van der Waals surface area contributed by atoms with E-state index in [0.29, 0.717) is 0 Å². The zero-order valence-corrected chi connectivity index (χ0v) is 11.2. The average molecular weight is 246 g/mol. The molecule has 1 aromatic rings. The van der Waals surface area contributed by atoms with Crippen LogP contribution in [0.4, 0.5) is 11.6 Å². The summed E-state index contributed by atoms with van der Waals surface area (Å²) < 4.78 is 0. The highest BCUT2D eigenvalue weighted by molar-refractivity contribution is 5.50. The van der Waals surface area contributed by atoms with Crippen LogP contribution < -0.4 is 9.80 Å². The molecule has 4 nitrogen and oxygen atoms in total. The predicted molar refractivity (Wildman–Crippen MR) is 74.1 cm³/mol. The number of rotatable bonds is 2. The molecule has 3 rings (SSSR count). The second kappa shape index (κ2) is 5.12. The van der Waals surface area contributed by atoms with E-state index < -0.39 is 0 Å². The maximum absolute atomic E-state index is 4.46. The molecular weight excluding hydrogens is 224 g/mol. The van der Waals surface area contributed by atoms with Crippen molar-refractivity contribution < 1.29 is 0 Å². The highest BCUT2D eigenvalue weighted by Crippen LogP contribution is 2.24. The highest BCUT2D eigenvalue weighted by atomic mass is 15.2. The van der Waals surface area contributed by atoms with Gasteiger partial charge in [-0.3, -0.25) is 0 Å². The molecular formula is C14H22N4. The molecule has 1 aromatic heterocycles. The molecule has 4 heteroatoms. The first-order valence-electron chi connectivity index (χ1n) is 7.15. The van der Waals surface area contributed by atoms with Gasteiger partial charge in [-0.2, -0.15) is 0 Å². The first-order valence-corrected chi connectivity index (χ1v) is 7.15. The van der Waals surface area contributed by atoms with Gasteiger partial charge in [-0.05, 0) is 31.6 Å². The monoisotopic (exact) mass is 246 g/mol. The van der Waals surface area contributed by atoms with Gasteiger partial charge in [0.25, 0.3) is 0 Å². The first-order chi connectivity index (χ1) is 8.83. The Bertz CT molecular complexity index is 401. The van der Waals surface area contributed by atoms with Crippen molar-refractivity contribution in [2.45, 2.75) is 32.6 Å². The minimum Gasteiger partial charge on any atom is -0.356 e. The second-order valence-corrected chi connectivity index (χ2v) is 5.62. The Morgan fingerprint density at radius 2 is 1.67 bits per heavy atom. The zero-order chi connectivity index (χ0) is 12.4. The molecule has 0 saturated carbocycles. The Hall–Kier alpha value is -1.32. The summed E-state index contributed by atoms with van der Waals surface area (Å²) in [5.41, 5.74) is 0. The van der Waals surface area contributed by atoms with Crippen LogP contribution in [0.25, 0.3) is 0 Å². The van der Waals surface area contributed by atoms with Crippen molar-refractivity contribution in [3.8, 4) is 0 Å².